The lowest BCUT2D eigenvalue weighted by Crippen LogP contribution is -2.55. The van der Waals surface area contributed by atoms with E-state index in [4.69, 9.17) is 0 Å². The number of carboxylic acid groups (broad SMARTS) is 1. The molecule has 5 heteroatoms. The number of rotatable bonds is 3. The van der Waals surface area contributed by atoms with E-state index < -0.39 is 23.2 Å². The van der Waals surface area contributed by atoms with Gasteiger partial charge in [-0.15, -0.1) is 0 Å². The first-order chi connectivity index (χ1) is 9.83. The number of amides is 1. The number of carbonyl (C=O) groups excluding carboxylic acids is 1. The lowest BCUT2D eigenvalue weighted by Gasteiger charge is -2.39. The number of benzene rings is 1. The Labute approximate surface area is 123 Å². The molecule has 114 valence electrons. The van der Waals surface area contributed by atoms with Gasteiger partial charge >= 0.3 is 5.97 Å². The molecule has 1 aromatic carbocycles. The molecule has 1 aliphatic rings. The van der Waals surface area contributed by atoms with Crippen LogP contribution >= 0.6 is 0 Å². The van der Waals surface area contributed by atoms with Crippen molar-refractivity contribution in [1.29, 1.82) is 0 Å². The molecule has 2 N–H and O–H groups in total. The zero-order valence-corrected chi connectivity index (χ0v) is 12.3. The molecule has 1 saturated carbocycles. The highest BCUT2D eigenvalue weighted by Crippen LogP contribution is 2.34. The summed E-state index contributed by atoms with van der Waals surface area (Å²) in [5, 5.41) is 12.2. The molecule has 2 atom stereocenters. The second kappa shape index (κ2) is 5.84. The Morgan fingerprint density at radius 2 is 2.10 bits per heavy atom. The van der Waals surface area contributed by atoms with Crippen LogP contribution < -0.4 is 5.32 Å². The Morgan fingerprint density at radius 1 is 1.38 bits per heavy atom. The van der Waals surface area contributed by atoms with Crippen molar-refractivity contribution in [3.05, 3.63) is 35.1 Å². The second-order valence-electron chi connectivity index (χ2n) is 5.97. The Morgan fingerprint density at radius 3 is 2.71 bits per heavy atom. The molecule has 0 heterocycles. The third kappa shape index (κ3) is 3.23. The smallest absolute Gasteiger partial charge is 0.308 e. The molecule has 21 heavy (non-hydrogen) atoms. The van der Waals surface area contributed by atoms with E-state index in [1.807, 2.05) is 0 Å². The predicted molar refractivity (Wildman–Crippen MR) is 76.6 cm³/mol. The second-order valence-corrected chi connectivity index (χ2v) is 5.97. The van der Waals surface area contributed by atoms with Gasteiger partial charge < -0.3 is 10.4 Å². The summed E-state index contributed by atoms with van der Waals surface area (Å²) in [6, 6.07) is 3.97. The molecule has 0 bridgehead atoms. The normalized spacial score (nSPS) is 25.4. The van der Waals surface area contributed by atoms with Gasteiger partial charge in [0.05, 0.1) is 11.5 Å². The van der Waals surface area contributed by atoms with Gasteiger partial charge in [0, 0.05) is 5.56 Å². The van der Waals surface area contributed by atoms with Crippen molar-refractivity contribution < 1.29 is 19.1 Å². The van der Waals surface area contributed by atoms with Crippen molar-refractivity contribution in [2.45, 2.75) is 45.1 Å². The quantitative estimate of drug-likeness (QED) is 0.900. The number of carbonyl (C=O) groups is 2. The highest BCUT2D eigenvalue weighted by atomic mass is 19.1. The number of aliphatic carboxylic acids is 1. The molecule has 0 radical (unpaired) electrons. The Hall–Kier alpha value is -1.91. The van der Waals surface area contributed by atoms with E-state index in [-0.39, 0.29) is 5.91 Å². The average Bonchev–Trinajstić information content (AvgIpc) is 2.37. The number of aryl methyl sites for hydroxylation is 1. The van der Waals surface area contributed by atoms with Gasteiger partial charge in [0.25, 0.3) is 5.91 Å². The van der Waals surface area contributed by atoms with E-state index in [0.29, 0.717) is 24.0 Å². The summed E-state index contributed by atoms with van der Waals surface area (Å²) in [5.74, 6) is -2.20. The maximum absolute atomic E-state index is 13.1. The monoisotopic (exact) mass is 293 g/mol. The molecule has 1 aromatic rings. The Balaban J connectivity index is 2.22. The van der Waals surface area contributed by atoms with Crippen LogP contribution in [0.2, 0.25) is 0 Å². The van der Waals surface area contributed by atoms with Crippen LogP contribution in [0.15, 0.2) is 18.2 Å². The van der Waals surface area contributed by atoms with Gasteiger partial charge in [0.1, 0.15) is 5.82 Å². The van der Waals surface area contributed by atoms with E-state index in [1.54, 1.807) is 13.8 Å². The standard InChI is InChI=1S/C16H20FNO3/c1-10-9-11(17)6-7-12(10)14(19)18-16(2)8-4-3-5-13(16)15(20)21/h6-7,9,13H,3-5,8H2,1-2H3,(H,18,19)(H,20,21). The first-order valence-electron chi connectivity index (χ1n) is 7.15. The van der Waals surface area contributed by atoms with Crippen molar-refractivity contribution >= 4 is 11.9 Å². The third-order valence-corrected chi connectivity index (χ3v) is 4.34. The van der Waals surface area contributed by atoms with Crippen LogP contribution in [-0.4, -0.2) is 22.5 Å². The van der Waals surface area contributed by atoms with Crippen LogP contribution in [0.1, 0.15) is 48.5 Å². The topological polar surface area (TPSA) is 66.4 Å². The van der Waals surface area contributed by atoms with E-state index in [2.05, 4.69) is 5.32 Å². The maximum atomic E-state index is 13.1. The summed E-state index contributed by atoms with van der Waals surface area (Å²) < 4.78 is 13.1. The summed E-state index contributed by atoms with van der Waals surface area (Å²) >= 11 is 0. The molecule has 4 nitrogen and oxygen atoms in total. The number of carboxylic acids is 1. The highest BCUT2D eigenvalue weighted by Gasteiger charge is 2.42. The summed E-state index contributed by atoms with van der Waals surface area (Å²) in [6.07, 6.45) is 2.95. The minimum Gasteiger partial charge on any atom is -0.481 e. The molecule has 0 saturated heterocycles. The van der Waals surface area contributed by atoms with Gasteiger partial charge in [-0.1, -0.05) is 12.8 Å². The first kappa shape index (κ1) is 15.5. The summed E-state index contributed by atoms with van der Waals surface area (Å²) in [7, 11) is 0. The average molecular weight is 293 g/mol. The predicted octanol–water partition coefficient (Wildman–Crippen LogP) is 2.90. The first-order valence-corrected chi connectivity index (χ1v) is 7.15. The summed E-state index contributed by atoms with van der Waals surface area (Å²) in [5.41, 5.74) is 0.160. The lowest BCUT2D eigenvalue weighted by molar-refractivity contribution is -0.145. The molecule has 0 aromatic heterocycles. The van der Waals surface area contributed by atoms with Crippen molar-refractivity contribution in [2.24, 2.45) is 5.92 Å². The van der Waals surface area contributed by atoms with Gasteiger partial charge in [-0.05, 0) is 50.5 Å². The zero-order chi connectivity index (χ0) is 15.6. The van der Waals surface area contributed by atoms with Crippen LogP contribution in [0.3, 0.4) is 0 Å². The number of nitrogens with one attached hydrogen (secondary N) is 1. The van der Waals surface area contributed by atoms with Crippen LogP contribution in [0.5, 0.6) is 0 Å². The zero-order valence-electron chi connectivity index (χ0n) is 12.3. The molecule has 1 amide bonds. The van der Waals surface area contributed by atoms with E-state index in [0.717, 1.165) is 12.8 Å². The summed E-state index contributed by atoms with van der Waals surface area (Å²) in [4.78, 5) is 23.8. The molecule has 1 fully saturated rings. The van der Waals surface area contributed by atoms with Gasteiger partial charge in [0.2, 0.25) is 0 Å². The third-order valence-electron chi connectivity index (χ3n) is 4.34. The fourth-order valence-electron chi connectivity index (χ4n) is 3.09. The molecule has 2 rings (SSSR count). The molecular weight excluding hydrogens is 273 g/mol. The van der Waals surface area contributed by atoms with Crippen molar-refractivity contribution in [3.63, 3.8) is 0 Å². The molecule has 1 aliphatic carbocycles. The lowest BCUT2D eigenvalue weighted by atomic mass is 9.73. The van der Waals surface area contributed by atoms with Gasteiger partial charge in [-0.3, -0.25) is 9.59 Å². The molecule has 0 aliphatic heterocycles. The fraction of sp³-hybridized carbons (Fsp3) is 0.500. The molecule has 0 spiro atoms. The van der Waals surface area contributed by atoms with Crippen molar-refractivity contribution in [2.75, 3.05) is 0 Å². The van der Waals surface area contributed by atoms with Crippen molar-refractivity contribution in [1.82, 2.24) is 5.32 Å². The van der Waals surface area contributed by atoms with Crippen LogP contribution in [-0.2, 0) is 4.79 Å². The largest absolute Gasteiger partial charge is 0.481 e. The Bertz CT molecular complexity index is 573. The molecule has 2 unspecified atom stereocenters. The van der Waals surface area contributed by atoms with Gasteiger partial charge in [0.15, 0.2) is 0 Å². The van der Waals surface area contributed by atoms with Crippen LogP contribution in [0.25, 0.3) is 0 Å². The van der Waals surface area contributed by atoms with E-state index >= 15 is 0 Å². The van der Waals surface area contributed by atoms with Gasteiger partial charge in [-0.25, -0.2) is 4.39 Å². The maximum Gasteiger partial charge on any atom is 0.308 e. The van der Waals surface area contributed by atoms with Crippen LogP contribution in [0.4, 0.5) is 4.39 Å². The van der Waals surface area contributed by atoms with Crippen molar-refractivity contribution in [3.8, 4) is 0 Å². The minimum absolute atomic E-state index is 0.344. The highest BCUT2D eigenvalue weighted by molar-refractivity contribution is 5.96. The molecular formula is C16H20FNO3. The van der Waals surface area contributed by atoms with E-state index in [1.165, 1.54) is 18.2 Å². The number of halogens is 1. The SMILES string of the molecule is Cc1cc(F)ccc1C(=O)NC1(C)CCCCC1C(=O)O. The summed E-state index contributed by atoms with van der Waals surface area (Å²) in [6.45, 7) is 3.44. The van der Waals surface area contributed by atoms with Gasteiger partial charge in [-0.2, -0.15) is 0 Å². The van der Waals surface area contributed by atoms with Crippen LogP contribution in [0, 0.1) is 18.7 Å². The number of hydrogen-bond donors (Lipinski definition) is 2. The minimum atomic E-state index is -0.881. The number of hydrogen-bond acceptors (Lipinski definition) is 2. The Kier molecular flexibility index (Phi) is 4.30. The fourth-order valence-corrected chi connectivity index (χ4v) is 3.09. The van der Waals surface area contributed by atoms with E-state index in [9.17, 15) is 19.1 Å².